The molecule has 1 N–H and O–H groups in total. The van der Waals surface area contributed by atoms with E-state index in [0.717, 1.165) is 32.1 Å². The number of rotatable bonds is 6. The molecular formula is C26H24N4O2. The smallest absolute Gasteiger partial charge is 0.268 e. The quantitative estimate of drug-likeness (QED) is 0.375. The number of amides is 2. The number of nitrogens with one attached hydrogen (secondary N) is 1. The van der Waals surface area contributed by atoms with Crippen LogP contribution in [0, 0.1) is 11.5 Å². The summed E-state index contributed by atoms with van der Waals surface area (Å²) < 4.78 is 1.81. The summed E-state index contributed by atoms with van der Waals surface area (Å²) in [5.41, 5.74) is 2.30. The van der Waals surface area contributed by atoms with Crippen molar-refractivity contribution in [2.75, 3.05) is 6.54 Å². The Labute approximate surface area is 186 Å². The molecule has 1 atom stereocenters. The summed E-state index contributed by atoms with van der Waals surface area (Å²) in [4.78, 5) is 27.3. The van der Waals surface area contributed by atoms with Crippen LogP contribution in [0.3, 0.4) is 0 Å². The third-order valence-corrected chi connectivity index (χ3v) is 5.74. The fourth-order valence-corrected chi connectivity index (χ4v) is 4.00. The van der Waals surface area contributed by atoms with E-state index in [1.54, 1.807) is 6.92 Å². The fraction of sp³-hybridized carbons (Fsp3) is 0.192. The summed E-state index contributed by atoms with van der Waals surface area (Å²) in [6, 6.07) is 22.6. The van der Waals surface area contributed by atoms with Crippen molar-refractivity contribution >= 4 is 33.5 Å². The van der Waals surface area contributed by atoms with Gasteiger partial charge in [-0.25, -0.2) is 4.90 Å². The molecule has 2 amide bonds. The van der Waals surface area contributed by atoms with Gasteiger partial charge in [0, 0.05) is 30.9 Å². The number of para-hydroxylation sites is 1. The summed E-state index contributed by atoms with van der Waals surface area (Å²) in [5.74, 6) is -0.771. The Hall–Kier alpha value is -4.11. The van der Waals surface area contributed by atoms with Gasteiger partial charge in [0.25, 0.3) is 11.8 Å². The maximum Gasteiger partial charge on any atom is 0.268 e. The van der Waals surface area contributed by atoms with Crippen LogP contribution in [0.25, 0.3) is 21.7 Å². The van der Waals surface area contributed by atoms with Gasteiger partial charge in [-0.15, -0.1) is 0 Å². The average molecular weight is 425 g/mol. The summed E-state index contributed by atoms with van der Waals surface area (Å²) in [6.45, 7) is 1.98. The number of carbonyl (C=O) groups excluding carboxylic acids is 2. The van der Waals surface area contributed by atoms with E-state index in [1.165, 1.54) is 0 Å². The second-order valence-corrected chi connectivity index (χ2v) is 7.74. The molecule has 32 heavy (non-hydrogen) atoms. The molecule has 0 spiro atoms. The van der Waals surface area contributed by atoms with Crippen LogP contribution in [0.15, 0.2) is 72.8 Å². The highest BCUT2D eigenvalue weighted by Crippen LogP contribution is 2.20. The zero-order valence-corrected chi connectivity index (χ0v) is 18.1. The molecule has 6 heteroatoms. The normalized spacial score (nSPS) is 11.8. The third-order valence-electron chi connectivity index (χ3n) is 5.74. The van der Waals surface area contributed by atoms with Crippen LogP contribution in [-0.2, 0) is 18.3 Å². The maximum absolute atomic E-state index is 13.2. The number of hydrogen-bond acceptors (Lipinski definition) is 3. The molecule has 4 rings (SSSR count). The lowest BCUT2D eigenvalue weighted by molar-refractivity contribution is -0.130. The number of nitrogens with zero attached hydrogens (tertiary/aromatic N) is 3. The van der Waals surface area contributed by atoms with Crippen molar-refractivity contribution in [3.05, 3.63) is 84.1 Å². The second-order valence-electron chi connectivity index (χ2n) is 7.74. The van der Waals surface area contributed by atoms with Crippen LogP contribution in [0.4, 0.5) is 0 Å². The van der Waals surface area contributed by atoms with Crippen molar-refractivity contribution in [2.24, 2.45) is 7.05 Å². The van der Waals surface area contributed by atoms with Crippen molar-refractivity contribution in [1.29, 1.82) is 5.26 Å². The van der Waals surface area contributed by atoms with Crippen LogP contribution in [0.2, 0.25) is 0 Å². The van der Waals surface area contributed by atoms with Gasteiger partial charge in [-0.2, -0.15) is 5.26 Å². The Morgan fingerprint density at radius 2 is 1.69 bits per heavy atom. The number of benzene rings is 3. The van der Waals surface area contributed by atoms with Gasteiger partial charge in [0.05, 0.1) is 0 Å². The molecule has 1 unspecified atom stereocenters. The number of fused-ring (bicyclic) bond motifs is 2. The number of hydrogen-bond donors (Lipinski definition) is 1. The summed E-state index contributed by atoms with van der Waals surface area (Å²) in [7, 11) is 1.82. The minimum absolute atomic E-state index is 0.244. The highest BCUT2D eigenvalue weighted by molar-refractivity contribution is 6.01. The van der Waals surface area contributed by atoms with E-state index >= 15 is 0 Å². The van der Waals surface area contributed by atoms with E-state index in [4.69, 9.17) is 0 Å². The lowest BCUT2D eigenvalue weighted by Gasteiger charge is -2.22. The van der Waals surface area contributed by atoms with Crippen molar-refractivity contribution in [1.82, 2.24) is 14.8 Å². The van der Waals surface area contributed by atoms with E-state index in [9.17, 15) is 14.9 Å². The number of likely N-dealkylation sites (N-methyl/N-ethyl adjacent to an activating group) is 1. The van der Waals surface area contributed by atoms with E-state index in [-0.39, 0.29) is 18.9 Å². The van der Waals surface area contributed by atoms with Gasteiger partial charge in [0.2, 0.25) is 0 Å². The Morgan fingerprint density at radius 3 is 2.38 bits per heavy atom. The van der Waals surface area contributed by atoms with E-state index < -0.39 is 11.9 Å². The molecule has 0 fully saturated rings. The number of carbonyl (C=O) groups is 2. The lowest BCUT2D eigenvalue weighted by Crippen LogP contribution is -2.48. The monoisotopic (exact) mass is 424 g/mol. The SMILES string of the molecule is CCN(C#N)C(=O)C(Cc1ccc2ccccc2c1)NC(=O)c1cc2ccccc2n1C. The zero-order chi connectivity index (χ0) is 22.7. The summed E-state index contributed by atoms with van der Waals surface area (Å²) >= 11 is 0. The molecule has 0 saturated heterocycles. The molecule has 0 aliphatic rings. The van der Waals surface area contributed by atoms with Gasteiger partial charge < -0.3 is 9.88 Å². The zero-order valence-electron chi connectivity index (χ0n) is 18.1. The van der Waals surface area contributed by atoms with Crippen LogP contribution >= 0.6 is 0 Å². The topological polar surface area (TPSA) is 78.1 Å². The Balaban J connectivity index is 1.65. The highest BCUT2D eigenvalue weighted by atomic mass is 16.2. The first-order valence-corrected chi connectivity index (χ1v) is 10.6. The molecule has 160 valence electrons. The third kappa shape index (κ3) is 4.06. The first-order valence-electron chi connectivity index (χ1n) is 10.6. The molecule has 6 nitrogen and oxygen atoms in total. The standard InChI is InChI=1S/C26H24N4O2/c1-3-30(17-27)26(32)22(15-18-12-13-19-8-4-5-9-20(19)14-18)28-25(31)24-16-21-10-6-7-11-23(21)29(24)2/h4-14,16,22H,3,15H2,1-2H3,(H,28,31). The highest BCUT2D eigenvalue weighted by Gasteiger charge is 2.27. The summed E-state index contributed by atoms with van der Waals surface area (Å²) in [5, 5.41) is 15.4. The van der Waals surface area contributed by atoms with Crippen LogP contribution in [0.5, 0.6) is 0 Å². The lowest BCUT2D eigenvalue weighted by atomic mass is 10.0. The molecule has 0 bridgehead atoms. The van der Waals surface area contributed by atoms with Crippen molar-refractivity contribution in [3.8, 4) is 6.19 Å². The predicted octanol–water partition coefficient (Wildman–Crippen LogP) is 4.00. The van der Waals surface area contributed by atoms with Crippen molar-refractivity contribution < 1.29 is 9.59 Å². The minimum atomic E-state index is -0.860. The first-order chi connectivity index (χ1) is 15.5. The Kier molecular flexibility index (Phi) is 5.91. The van der Waals surface area contributed by atoms with Gasteiger partial charge in [-0.1, -0.05) is 60.7 Å². The number of aromatic nitrogens is 1. The van der Waals surface area contributed by atoms with E-state index in [1.807, 2.05) is 90.6 Å². The largest absolute Gasteiger partial charge is 0.340 e. The first kappa shape index (κ1) is 21.1. The molecule has 0 radical (unpaired) electrons. The van der Waals surface area contributed by atoms with E-state index in [2.05, 4.69) is 5.32 Å². The molecule has 1 heterocycles. The molecule has 4 aromatic rings. The van der Waals surface area contributed by atoms with Gasteiger partial charge in [-0.3, -0.25) is 9.59 Å². The van der Waals surface area contributed by atoms with Crippen LogP contribution in [0.1, 0.15) is 23.0 Å². The van der Waals surface area contributed by atoms with Gasteiger partial charge >= 0.3 is 0 Å². The molecule has 0 aliphatic heterocycles. The Morgan fingerprint density at radius 1 is 1.00 bits per heavy atom. The molecular weight excluding hydrogens is 400 g/mol. The fourth-order valence-electron chi connectivity index (χ4n) is 4.00. The van der Waals surface area contributed by atoms with Crippen molar-refractivity contribution in [2.45, 2.75) is 19.4 Å². The van der Waals surface area contributed by atoms with Crippen LogP contribution < -0.4 is 5.32 Å². The average Bonchev–Trinajstić information content (AvgIpc) is 3.16. The van der Waals surface area contributed by atoms with Crippen molar-refractivity contribution in [3.63, 3.8) is 0 Å². The summed E-state index contributed by atoms with van der Waals surface area (Å²) in [6.07, 6.45) is 2.21. The number of nitriles is 1. The molecule has 0 aliphatic carbocycles. The Bertz CT molecular complexity index is 1350. The van der Waals surface area contributed by atoms with Gasteiger partial charge in [0.1, 0.15) is 11.7 Å². The maximum atomic E-state index is 13.2. The van der Waals surface area contributed by atoms with Gasteiger partial charge in [-0.05, 0) is 35.4 Å². The molecule has 3 aromatic carbocycles. The predicted molar refractivity (Wildman–Crippen MR) is 125 cm³/mol. The van der Waals surface area contributed by atoms with E-state index in [0.29, 0.717) is 5.69 Å². The second kappa shape index (κ2) is 8.94. The molecule has 1 aromatic heterocycles. The molecule has 0 saturated carbocycles. The number of aryl methyl sites for hydroxylation is 1. The minimum Gasteiger partial charge on any atom is -0.340 e. The van der Waals surface area contributed by atoms with Gasteiger partial charge in [0.15, 0.2) is 6.19 Å². The van der Waals surface area contributed by atoms with Crippen LogP contribution in [-0.4, -0.2) is 33.9 Å².